The number of hydrogen-bond donors (Lipinski definition) is 3. The summed E-state index contributed by atoms with van der Waals surface area (Å²) in [6, 6.07) is 10.6. The number of likely N-dealkylation sites (N-methyl/N-ethyl adjacent to an activating group) is 1. The molecular formula is C21H22N3NaO5S. The van der Waals surface area contributed by atoms with Crippen molar-refractivity contribution in [1.29, 1.82) is 0 Å². The van der Waals surface area contributed by atoms with Crippen LogP contribution in [0.5, 0.6) is 0 Å². The van der Waals surface area contributed by atoms with Gasteiger partial charge in [0.1, 0.15) is 0 Å². The normalized spacial score (nSPS) is 16.4. The molecule has 0 bridgehead atoms. The van der Waals surface area contributed by atoms with E-state index in [2.05, 4.69) is 10.6 Å². The van der Waals surface area contributed by atoms with Crippen LogP contribution in [-0.2, 0) is 20.8 Å². The second-order valence-electron chi connectivity index (χ2n) is 6.83. The van der Waals surface area contributed by atoms with Crippen LogP contribution >= 0.6 is 11.3 Å². The molecule has 0 spiro atoms. The van der Waals surface area contributed by atoms with Crippen LogP contribution in [0, 0.1) is 0 Å². The predicted octanol–water partition coefficient (Wildman–Crippen LogP) is 1.43. The second kappa shape index (κ2) is 11.2. The molecular weight excluding hydrogens is 429 g/mol. The average Bonchev–Trinajstić information content (AvgIpc) is 3.17. The van der Waals surface area contributed by atoms with Gasteiger partial charge in [-0.1, -0.05) is 30.3 Å². The van der Waals surface area contributed by atoms with Crippen molar-refractivity contribution in [1.82, 2.24) is 15.5 Å². The summed E-state index contributed by atoms with van der Waals surface area (Å²) in [6.07, 6.45) is 2.90. The van der Waals surface area contributed by atoms with E-state index < -0.39 is 35.8 Å². The zero-order valence-corrected chi connectivity index (χ0v) is 17.0. The number of carboxylic acids is 1. The number of thiophene rings is 1. The summed E-state index contributed by atoms with van der Waals surface area (Å²) in [5, 5.41) is 14.2. The van der Waals surface area contributed by atoms with Crippen molar-refractivity contribution in [2.24, 2.45) is 0 Å². The number of urea groups is 1. The molecule has 0 fully saturated rings. The number of ketones is 1. The van der Waals surface area contributed by atoms with E-state index in [1.54, 1.807) is 6.07 Å². The van der Waals surface area contributed by atoms with Gasteiger partial charge in [0.2, 0.25) is 0 Å². The monoisotopic (exact) mass is 451 g/mol. The summed E-state index contributed by atoms with van der Waals surface area (Å²) in [5.74, 6) is -2.18. The Morgan fingerprint density at radius 1 is 1.16 bits per heavy atom. The zero-order valence-electron chi connectivity index (χ0n) is 16.2. The first kappa shape index (κ1) is 24.8. The zero-order chi connectivity index (χ0) is 21.7. The Morgan fingerprint density at radius 3 is 2.55 bits per heavy atom. The molecule has 2 heterocycles. The fraction of sp³-hybridized carbons (Fsp3) is 0.238. The van der Waals surface area contributed by atoms with Gasteiger partial charge >= 0.3 is 41.6 Å². The molecule has 1 aromatic carbocycles. The summed E-state index contributed by atoms with van der Waals surface area (Å²) >= 11 is 1.41. The Labute approximate surface area is 205 Å². The van der Waals surface area contributed by atoms with Gasteiger partial charge in [-0.2, -0.15) is 0 Å². The molecule has 1 unspecified atom stereocenters. The van der Waals surface area contributed by atoms with Crippen LogP contribution < -0.4 is 10.6 Å². The average molecular weight is 451 g/mol. The molecule has 0 aliphatic carbocycles. The minimum absolute atomic E-state index is 0. The van der Waals surface area contributed by atoms with Crippen LogP contribution in [0.2, 0.25) is 0 Å². The van der Waals surface area contributed by atoms with E-state index in [9.17, 15) is 24.3 Å². The Kier molecular flexibility index (Phi) is 9.00. The first-order valence-electron chi connectivity index (χ1n) is 9.23. The topological polar surface area (TPSA) is 116 Å². The SMILES string of the molecule is CN1C=CC(=O)C(NC(=O)N[C@@H](CC(=O)O)c2ccc(Cc3ccccc3)s2)C1=O.[NaH]. The Balaban J connectivity index is 0.00000341. The van der Waals surface area contributed by atoms with Crippen LogP contribution in [0.3, 0.4) is 0 Å². The van der Waals surface area contributed by atoms with Gasteiger partial charge in [0.15, 0.2) is 11.8 Å². The van der Waals surface area contributed by atoms with E-state index >= 15 is 0 Å². The molecule has 1 aliphatic heterocycles. The molecule has 158 valence electrons. The van der Waals surface area contributed by atoms with Gasteiger partial charge in [0.25, 0.3) is 5.91 Å². The molecule has 2 aromatic rings. The van der Waals surface area contributed by atoms with Gasteiger partial charge in [-0.25, -0.2) is 4.79 Å². The number of carbonyl (C=O) groups excluding carboxylic acids is 3. The van der Waals surface area contributed by atoms with Gasteiger partial charge in [-0.15, -0.1) is 11.3 Å². The van der Waals surface area contributed by atoms with Gasteiger partial charge in [0, 0.05) is 35.5 Å². The third kappa shape index (κ3) is 6.76. The maximum absolute atomic E-state index is 12.4. The molecule has 10 heteroatoms. The van der Waals surface area contributed by atoms with Gasteiger partial charge in [-0.05, 0) is 17.7 Å². The molecule has 1 aliphatic rings. The molecule has 3 rings (SSSR count). The van der Waals surface area contributed by atoms with Crippen molar-refractivity contribution in [3.63, 3.8) is 0 Å². The first-order chi connectivity index (χ1) is 14.3. The van der Waals surface area contributed by atoms with E-state index in [0.29, 0.717) is 11.3 Å². The van der Waals surface area contributed by atoms with E-state index in [-0.39, 0.29) is 36.0 Å². The van der Waals surface area contributed by atoms with Crippen LogP contribution in [0.4, 0.5) is 4.79 Å². The van der Waals surface area contributed by atoms with E-state index in [1.165, 1.54) is 35.6 Å². The summed E-state index contributed by atoms with van der Waals surface area (Å²) in [5.41, 5.74) is 1.12. The van der Waals surface area contributed by atoms with Crippen molar-refractivity contribution in [2.45, 2.75) is 24.9 Å². The molecule has 31 heavy (non-hydrogen) atoms. The number of nitrogens with one attached hydrogen (secondary N) is 2. The molecule has 2 atom stereocenters. The van der Waals surface area contributed by atoms with E-state index in [1.807, 2.05) is 36.4 Å². The fourth-order valence-corrected chi connectivity index (χ4v) is 4.11. The third-order valence-corrected chi connectivity index (χ3v) is 5.75. The van der Waals surface area contributed by atoms with Gasteiger partial charge < -0.3 is 20.6 Å². The third-order valence-electron chi connectivity index (χ3n) is 4.55. The maximum atomic E-state index is 12.4. The number of carboxylic acid groups (broad SMARTS) is 1. The molecule has 3 N–H and O–H groups in total. The summed E-state index contributed by atoms with van der Waals surface area (Å²) in [4.78, 5) is 50.7. The second-order valence-corrected chi connectivity index (χ2v) is 8.03. The fourth-order valence-electron chi connectivity index (χ4n) is 3.02. The van der Waals surface area contributed by atoms with Crippen LogP contribution in [0.1, 0.15) is 27.8 Å². The Hall–Kier alpha value is -2.46. The summed E-state index contributed by atoms with van der Waals surface area (Å²) < 4.78 is 0. The quantitative estimate of drug-likeness (QED) is 0.435. The van der Waals surface area contributed by atoms with Crippen molar-refractivity contribution < 1.29 is 24.3 Å². The number of rotatable bonds is 7. The standard InChI is InChI=1S/C21H21N3O5S.Na.H/c1-24-10-9-16(25)19(20(24)28)23-21(29)22-15(12-18(26)27)17-8-7-14(30-17)11-13-5-3-2-4-6-13;;/h2-10,15,19H,11-12H2,1H3,(H,26,27)(H2,22,23,29);;/t15-,19?;;/m0../s1. The minimum atomic E-state index is -1.33. The van der Waals surface area contributed by atoms with Crippen molar-refractivity contribution in [3.05, 3.63) is 70.1 Å². The number of benzene rings is 1. The van der Waals surface area contributed by atoms with E-state index in [0.717, 1.165) is 10.4 Å². The predicted molar refractivity (Wildman–Crippen MR) is 118 cm³/mol. The van der Waals surface area contributed by atoms with Crippen LogP contribution in [0.15, 0.2) is 54.7 Å². The first-order valence-corrected chi connectivity index (χ1v) is 10.0. The number of amides is 3. The Morgan fingerprint density at radius 2 is 1.87 bits per heavy atom. The van der Waals surface area contributed by atoms with Gasteiger partial charge in [0.05, 0.1) is 12.5 Å². The van der Waals surface area contributed by atoms with Crippen LogP contribution in [0.25, 0.3) is 0 Å². The number of hydrogen-bond acceptors (Lipinski definition) is 5. The molecule has 0 radical (unpaired) electrons. The summed E-state index contributed by atoms with van der Waals surface area (Å²) in [6.45, 7) is 0. The van der Waals surface area contributed by atoms with Crippen molar-refractivity contribution >= 4 is 64.6 Å². The van der Waals surface area contributed by atoms with Crippen LogP contribution in [-0.4, -0.2) is 76.3 Å². The van der Waals surface area contributed by atoms with E-state index in [4.69, 9.17) is 0 Å². The Bertz CT molecular complexity index is 992. The molecule has 0 saturated carbocycles. The number of carbonyl (C=O) groups is 4. The summed E-state index contributed by atoms with van der Waals surface area (Å²) in [7, 11) is 1.48. The van der Waals surface area contributed by atoms with Crippen molar-refractivity contribution in [3.8, 4) is 0 Å². The molecule has 8 nitrogen and oxygen atoms in total. The van der Waals surface area contributed by atoms with Crippen molar-refractivity contribution in [2.75, 3.05) is 7.05 Å². The molecule has 3 amide bonds. The number of aliphatic carboxylic acids is 1. The molecule has 1 aromatic heterocycles. The number of nitrogens with zero attached hydrogens (tertiary/aromatic N) is 1. The molecule has 0 saturated heterocycles. The van der Waals surface area contributed by atoms with Gasteiger partial charge in [-0.3, -0.25) is 14.4 Å².